The third-order valence-corrected chi connectivity index (χ3v) is 5.39. The summed E-state index contributed by atoms with van der Waals surface area (Å²) in [5.41, 5.74) is -4.24. The number of aromatic amines is 2. The van der Waals surface area contributed by atoms with Crippen molar-refractivity contribution in [3.63, 3.8) is 0 Å². The molecule has 0 aliphatic carbocycles. The Morgan fingerprint density at radius 1 is 0.800 bits per heavy atom. The van der Waals surface area contributed by atoms with Crippen LogP contribution in [0.1, 0.15) is 19.4 Å². The quantitative estimate of drug-likeness (QED) is 0.209. The van der Waals surface area contributed by atoms with Crippen molar-refractivity contribution in [2.45, 2.75) is 56.0 Å². The number of nitrogens with zero attached hydrogens (tertiary/aromatic N) is 2. The molecule has 0 saturated carbocycles. The number of aromatic nitrogens is 4. The molecular formula is C18H22F2N4O11. The summed E-state index contributed by atoms with van der Waals surface area (Å²) in [6, 6.07) is 0. The summed E-state index contributed by atoms with van der Waals surface area (Å²) < 4.78 is 37.6. The second kappa shape index (κ2) is 10.3. The van der Waals surface area contributed by atoms with Crippen molar-refractivity contribution in [2.24, 2.45) is 0 Å². The SMILES string of the molecule is C[C@@H]1O[C@H](n2cc(F)c(=O)[nH]c2=O)C(O)C1O.O=c1[nH]c(=O)n([C@@H]2O[C@H](CO)[C@@H](O)[C@H]2O)cc1F. The molecule has 194 valence electrons. The van der Waals surface area contributed by atoms with Crippen molar-refractivity contribution < 1.29 is 43.8 Å². The van der Waals surface area contributed by atoms with E-state index in [-0.39, 0.29) is 0 Å². The molecule has 2 saturated heterocycles. The molecule has 2 aromatic rings. The van der Waals surface area contributed by atoms with Crippen LogP contribution in [0.4, 0.5) is 8.78 Å². The lowest BCUT2D eigenvalue weighted by atomic mass is 10.1. The normalized spacial score (nSPS) is 32.3. The van der Waals surface area contributed by atoms with Gasteiger partial charge in [0.05, 0.1) is 25.1 Å². The van der Waals surface area contributed by atoms with Crippen LogP contribution in [-0.4, -0.2) is 87.9 Å². The Kier molecular flexibility index (Phi) is 7.80. The molecule has 17 heteroatoms. The number of hydrogen-bond donors (Lipinski definition) is 7. The molecule has 0 spiro atoms. The third-order valence-electron chi connectivity index (χ3n) is 5.39. The van der Waals surface area contributed by atoms with Gasteiger partial charge in [0, 0.05) is 0 Å². The summed E-state index contributed by atoms with van der Waals surface area (Å²) >= 11 is 0. The average Bonchev–Trinajstić information content (AvgIpc) is 3.23. The average molecular weight is 508 g/mol. The summed E-state index contributed by atoms with van der Waals surface area (Å²) in [5, 5.41) is 47.1. The first-order chi connectivity index (χ1) is 16.4. The van der Waals surface area contributed by atoms with Gasteiger partial charge in [-0.05, 0) is 6.92 Å². The molecule has 8 atom stereocenters. The maximum Gasteiger partial charge on any atom is 0.330 e. The summed E-state index contributed by atoms with van der Waals surface area (Å²) in [6.45, 7) is 0.927. The highest BCUT2D eigenvalue weighted by molar-refractivity contribution is 4.95. The monoisotopic (exact) mass is 508 g/mol. The lowest BCUT2D eigenvalue weighted by Gasteiger charge is -2.16. The summed E-state index contributed by atoms with van der Waals surface area (Å²) in [4.78, 5) is 47.9. The molecule has 2 unspecified atom stereocenters. The minimum absolute atomic E-state index is 0.571. The van der Waals surface area contributed by atoms with Crippen LogP contribution in [0.25, 0.3) is 0 Å². The maximum atomic E-state index is 13.1. The number of aliphatic hydroxyl groups excluding tert-OH is 5. The fraction of sp³-hybridized carbons (Fsp3) is 0.556. The van der Waals surface area contributed by atoms with Gasteiger partial charge >= 0.3 is 11.4 Å². The van der Waals surface area contributed by atoms with Crippen LogP contribution in [-0.2, 0) is 9.47 Å². The van der Waals surface area contributed by atoms with Crippen molar-refractivity contribution in [3.8, 4) is 0 Å². The number of halogens is 2. The zero-order valence-electron chi connectivity index (χ0n) is 17.8. The standard InChI is InChI=1S/C9H11FN2O6.C9H11FN2O5/c10-3-1-12(9(17)11-7(3)16)8-6(15)5(14)4(2-13)18-8;1-3-5(13)6(14)8(17-3)12-2-4(10)7(15)11-9(12)16/h1,4-6,8,13-15H,2H2,(H,11,16,17);2-3,5-6,8,13-14H,1H3,(H,11,15,16)/t4-,5-,6-,8-;3-,5?,6?,8-/m10/s1. The van der Waals surface area contributed by atoms with E-state index in [1.807, 2.05) is 0 Å². The first kappa shape index (κ1) is 26.5. The van der Waals surface area contributed by atoms with E-state index >= 15 is 0 Å². The molecule has 2 aromatic heterocycles. The largest absolute Gasteiger partial charge is 0.394 e. The van der Waals surface area contributed by atoms with Crippen LogP contribution < -0.4 is 22.5 Å². The van der Waals surface area contributed by atoms with E-state index in [9.17, 15) is 48.4 Å². The Labute approximate surface area is 192 Å². The van der Waals surface area contributed by atoms with Gasteiger partial charge in [0.2, 0.25) is 11.6 Å². The van der Waals surface area contributed by atoms with Gasteiger partial charge in [0.1, 0.15) is 30.5 Å². The van der Waals surface area contributed by atoms with Gasteiger partial charge in [-0.2, -0.15) is 8.78 Å². The number of ether oxygens (including phenoxy) is 2. The topological polar surface area (TPSA) is 229 Å². The van der Waals surface area contributed by atoms with E-state index in [1.54, 1.807) is 9.97 Å². The van der Waals surface area contributed by atoms with Crippen LogP contribution in [0.15, 0.2) is 31.6 Å². The zero-order chi connectivity index (χ0) is 26.2. The lowest BCUT2D eigenvalue weighted by molar-refractivity contribution is -0.0554. The maximum absolute atomic E-state index is 13.1. The molecule has 7 N–H and O–H groups in total. The van der Waals surface area contributed by atoms with E-state index in [1.165, 1.54) is 6.92 Å². The Bertz CT molecular complexity index is 1290. The number of H-pyrrole nitrogens is 2. The van der Waals surface area contributed by atoms with E-state index in [0.29, 0.717) is 21.5 Å². The van der Waals surface area contributed by atoms with E-state index in [0.717, 1.165) is 0 Å². The summed E-state index contributed by atoms with van der Waals surface area (Å²) in [7, 11) is 0. The predicted octanol–water partition coefficient (Wildman–Crippen LogP) is -4.40. The number of nitrogens with one attached hydrogen (secondary N) is 2. The highest BCUT2D eigenvalue weighted by Gasteiger charge is 2.44. The van der Waals surface area contributed by atoms with Crippen LogP contribution in [0.5, 0.6) is 0 Å². The van der Waals surface area contributed by atoms with Crippen LogP contribution in [0, 0.1) is 11.6 Å². The van der Waals surface area contributed by atoms with Gasteiger partial charge < -0.3 is 35.0 Å². The summed E-state index contributed by atoms with van der Waals surface area (Å²) in [6.07, 6.45) is -8.66. The van der Waals surface area contributed by atoms with Crippen molar-refractivity contribution >= 4 is 0 Å². The number of hydrogen-bond acceptors (Lipinski definition) is 11. The molecule has 2 aliphatic rings. The van der Waals surface area contributed by atoms with Gasteiger partial charge in [-0.3, -0.25) is 28.7 Å². The van der Waals surface area contributed by atoms with Crippen molar-refractivity contribution in [2.75, 3.05) is 6.61 Å². The van der Waals surface area contributed by atoms with Gasteiger partial charge in [0.15, 0.2) is 12.5 Å². The minimum Gasteiger partial charge on any atom is -0.394 e. The van der Waals surface area contributed by atoms with Crippen LogP contribution >= 0.6 is 0 Å². The second-order valence-electron chi connectivity index (χ2n) is 7.73. The molecule has 0 bridgehead atoms. The number of aliphatic hydroxyl groups is 5. The van der Waals surface area contributed by atoms with Crippen LogP contribution in [0.3, 0.4) is 0 Å². The van der Waals surface area contributed by atoms with Crippen molar-refractivity contribution in [3.05, 3.63) is 65.7 Å². The second-order valence-corrected chi connectivity index (χ2v) is 7.73. The predicted molar refractivity (Wildman–Crippen MR) is 107 cm³/mol. The van der Waals surface area contributed by atoms with Gasteiger partial charge in [-0.25, -0.2) is 9.59 Å². The van der Waals surface area contributed by atoms with E-state index in [4.69, 9.17) is 14.6 Å². The van der Waals surface area contributed by atoms with Crippen LogP contribution in [0.2, 0.25) is 0 Å². The molecule has 0 amide bonds. The highest BCUT2D eigenvalue weighted by atomic mass is 19.1. The molecule has 0 aromatic carbocycles. The molecular weight excluding hydrogens is 486 g/mol. The molecule has 2 fully saturated rings. The number of rotatable bonds is 3. The summed E-state index contributed by atoms with van der Waals surface area (Å²) in [5.74, 6) is -2.40. The fourth-order valence-corrected chi connectivity index (χ4v) is 3.47. The fourth-order valence-electron chi connectivity index (χ4n) is 3.47. The zero-order valence-corrected chi connectivity index (χ0v) is 17.8. The minimum atomic E-state index is -1.52. The lowest BCUT2D eigenvalue weighted by Crippen LogP contribution is -2.38. The Balaban J connectivity index is 0.000000196. The molecule has 15 nitrogen and oxygen atoms in total. The Morgan fingerprint density at radius 3 is 1.60 bits per heavy atom. The molecule has 2 aliphatic heterocycles. The molecule has 35 heavy (non-hydrogen) atoms. The van der Waals surface area contributed by atoms with Gasteiger partial charge in [-0.15, -0.1) is 0 Å². The van der Waals surface area contributed by atoms with Gasteiger partial charge in [-0.1, -0.05) is 0 Å². The van der Waals surface area contributed by atoms with E-state index < -0.39 is 89.8 Å². The first-order valence-corrected chi connectivity index (χ1v) is 10.0. The smallest absolute Gasteiger partial charge is 0.330 e. The Morgan fingerprint density at radius 2 is 1.23 bits per heavy atom. The first-order valence-electron chi connectivity index (χ1n) is 10.0. The van der Waals surface area contributed by atoms with E-state index in [2.05, 4.69) is 0 Å². The third kappa shape index (κ3) is 5.15. The molecule has 0 radical (unpaired) electrons. The highest BCUT2D eigenvalue weighted by Crippen LogP contribution is 2.28. The van der Waals surface area contributed by atoms with Crippen molar-refractivity contribution in [1.29, 1.82) is 0 Å². The Hall–Kier alpha value is -3.06. The molecule has 4 heterocycles. The van der Waals surface area contributed by atoms with Crippen molar-refractivity contribution in [1.82, 2.24) is 19.1 Å². The van der Waals surface area contributed by atoms with Gasteiger partial charge in [0.25, 0.3) is 11.1 Å². The molecule has 4 rings (SSSR count).